The molecule has 1 aromatic carbocycles. The number of amides is 3. The van der Waals surface area contributed by atoms with Gasteiger partial charge in [-0.05, 0) is 125 Å². The SMILES string of the molecule is O=C(c1ccccc1)N(C(=O)C12CC3CC(CC(C3)C1)C2)C(=O)C12CC3CC(CC(C3)C1)C2. The molecule has 0 radical (unpaired) electrons. The first-order valence-electron chi connectivity index (χ1n) is 13.4. The van der Waals surface area contributed by atoms with Crippen molar-refractivity contribution in [2.75, 3.05) is 0 Å². The zero-order chi connectivity index (χ0) is 22.4. The topological polar surface area (TPSA) is 54.5 Å². The molecule has 0 aromatic heterocycles. The molecule has 174 valence electrons. The summed E-state index contributed by atoms with van der Waals surface area (Å²) >= 11 is 0. The molecule has 8 saturated carbocycles. The summed E-state index contributed by atoms with van der Waals surface area (Å²) in [4.78, 5) is 44.0. The van der Waals surface area contributed by atoms with E-state index in [1.54, 1.807) is 12.1 Å². The Labute approximate surface area is 196 Å². The van der Waals surface area contributed by atoms with Crippen molar-refractivity contribution in [1.82, 2.24) is 4.90 Å². The highest BCUT2D eigenvalue weighted by Crippen LogP contribution is 2.63. The van der Waals surface area contributed by atoms with Crippen LogP contribution in [0.4, 0.5) is 0 Å². The highest BCUT2D eigenvalue weighted by atomic mass is 16.2. The normalized spacial score (nSPS) is 44.1. The summed E-state index contributed by atoms with van der Waals surface area (Å²) in [6, 6.07) is 9.05. The van der Waals surface area contributed by atoms with Crippen molar-refractivity contribution in [1.29, 1.82) is 0 Å². The van der Waals surface area contributed by atoms with E-state index >= 15 is 0 Å². The minimum absolute atomic E-state index is 0.142. The van der Waals surface area contributed by atoms with Gasteiger partial charge in [0.05, 0.1) is 10.8 Å². The second-order valence-corrected chi connectivity index (χ2v) is 13.0. The summed E-state index contributed by atoms with van der Waals surface area (Å²) in [6.45, 7) is 0. The molecule has 1 aromatic rings. The van der Waals surface area contributed by atoms with Crippen LogP contribution in [-0.2, 0) is 9.59 Å². The van der Waals surface area contributed by atoms with Crippen LogP contribution in [0.1, 0.15) is 87.4 Å². The Morgan fingerprint density at radius 2 is 0.909 bits per heavy atom. The van der Waals surface area contributed by atoms with Crippen LogP contribution >= 0.6 is 0 Å². The average molecular weight is 446 g/mol. The standard InChI is InChI=1S/C29H35NO3/c31-25(24-4-2-1-3-5-24)30(26(32)28-12-18-6-19(13-28)8-20(7-18)14-28)27(33)29-15-21-9-22(16-29)11-23(10-21)17-29/h1-5,18-23H,6-17H2. The maximum atomic E-state index is 14.4. The number of hydrogen-bond acceptors (Lipinski definition) is 3. The Bertz CT molecular complexity index is 884. The molecule has 8 bridgehead atoms. The van der Waals surface area contributed by atoms with Gasteiger partial charge in [-0.15, -0.1) is 0 Å². The molecule has 3 amide bonds. The highest BCUT2D eigenvalue weighted by Gasteiger charge is 2.61. The number of benzene rings is 1. The van der Waals surface area contributed by atoms with Crippen molar-refractivity contribution in [3.63, 3.8) is 0 Å². The van der Waals surface area contributed by atoms with Crippen molar-refractivity contribution >= 4 is 17.7 Å². The summed E-state index contributed by atoms with van der Waals surface area (Å²) in [6.07, 6.45) is 12.7. The molecule has 8 aliphatic carbocycles. The number of imide groups is 3. The van der Waals surface area contributed by atoms with Crippen LogP contribution in [0, 0.1) is 46.3 Å². The van der Waals surface area contributed by atoms with Gasteiger partial charge in [0.1, 0.15) is 0 Å². The van der Waals surface area contributed by atoms with Crippen LogP contribution in [0.2, 0.25) is 0 Å². The predicted molar refractivity (Wildman–Crippen MR) is 124 cm³/mol. The molecule has 0 atom stereocenters. The fourth-order valence-corrected chi connectivity index (χ4v) is 10.2. The largest absolute Gasteiger partial charge is 0.273 e. The van der Waals surface area contributed by atoms with Crippen LogP contribution in [0.15, 0.2) is 30.3 Å². The van der Waals surface area contributed by atoms with Gasteiger partial charge >= 0.3 is 0 Å². The fourth-order valence-electron chi connectivity index (χ4n) is 10.2. The molecule has 0 heterocycles. The van der Waals surface area contributed by atoms with Crippen LogP contribution in [0.5, 0.6) is 0 Å². The molecule has 0 unspecified atom stereocenters. The van der Waals surface area contributed by atoms with Gasteiger partial charge in [-0.3, -0.25) is 14.4 Å². The van der Waals surface area contributed by atoms with E-state index in [2.05, 4.69) is 0 Å². The number of rotatable bonds is 3. The highest BCUT2D eigenvalue weighted by molar-refractivity contribution is 6.18. The second-order valence-electron chi connectivity index (χ2n) is 13.0. The third-order valence-electron chi connectivity index (χ3n) is 10.6. The summed E-state index contributed by atoms with van der Waals surface area (Å²) in [7, 11) is 0. The summed E-state index contributed by atoms with van der Waals surface area (Å²) in [5.74, 6) is 2.94. The Morgan fingerprint density at radius 3 is 1.24 bits per heavy atom. The van der Waals surface area contributed by atoms with E-state index in [-0.39, 0.29) is 17.7 Å². The smallest absolute Gasteiger partial charge is 0.267 e. The third-order valence-corrected chi connectivity index (χ3v) is 10.6. The maximum Gasteiger partial charge on any atom is 0.267 e. The molecule has 4 heteroatoms. The monoisotopic (exact) mass is 445 g/mol. The van der Waals surface area contributed by atoms with Crippen molar-refractivity contribution in [3.8, 4) is 0 Å². The summed E-state index contributed by atoms with van der Waals surface area (Å²) in [5, 5.41) is 0. The first-order valence-corrected chi connectivity index (χ1v) is 13.4. The van der Waals surface area contributed by atoms with Gasteiger partial charge in [-0.25, -0.2) is 4.90 Å². The van der Waals surface area contributed by atoms with Crippen molar-refractivity contribution in [3.05, 3.63) is 35.9 Å². The molecule has 8 fully saturated rings. The minimum Gasteiger partial charge on any atom is -0.273 e. The number of carbonyl (C=O) groups is 3. The zero-order valence-corrected chi connectivity index (χ0v) is 19.5. The van der Waals surface area contributed by atoms with Crippen LogP contribution in [0.3, 0.4) is 0 Å². The van der Waals surface area contributed by atoms with E-state index in [0.29, 0.717) is 41.1 Å². The Kier molecular flexibility index (Phi) is 4.34. The van der Waals surface area contributed by atoms with Crippen LogP contribution in [-0.4, -0.2) is 22.6 Å². The molecule has 8 aliphatic rings. The van der Waals surface area contributed by atoms with E-state index in [1.165, 1.54) is 43.4 Å². The van der Waals surface area contributed by atoms with E-state index < -0.39 is 10.8 Å². The average Bonchev–Trinajstić information content (AvgIpc) is 2.78. The lowest BCUT2D eigenvalue weighted by Crippen LogP contribution is -2.61. The lowest BCUT2D eigenvalue weighted by molar-refractivity contribution is -0.170. The maximum absolute atomic E-state index is 14.4. The lowest BCUT2D eigenvalue weighted by atomic mass is 9.48. The van der Waals surface area contributed by atoms with Crippen LogP contribution in [0.25, 0.3) is 0 Å². The van der Waals surface area contributed by atoms with E-state index in [9.17, 15) is 14.4 Å². The van der Waals surface area contributed by atoms with Gasteiger partial charge < -0.3 is 0 Å². The predicted octanol–water partition coefficient (Wildman–Crippen LogP) is 5.61. The molecule has 9 rings (SSSR count). The van der Waals surface area contributed by atoms with E-state index in [0.717, 1.165) is 38.5 Å². The number of hydrogen-bond donors (Lipinski definition) is 0. The van der Waals surface area contributed by atoms with E-state index in [1.807, 2.05) is 18.2 Å². The van der Waals surface area contributed by atoms with Gasteiger partial charge in [-0.1, -0.05) is 18.2 Å². The van der Waals surface area contributed by atoms with Gasteiger partial charge in [0.25, 0.3) is 5.91 Å². The molecular formula is C29H35NO3. The first-order chi connectivity index (χ1) is 15.9. The molecule has 0 saturated heterocycles. The Balaban J connectivity index is 1.28. The van der Waals surface area contributed by atoms with Crippen molar-refractivity contribution < 1.29 is 14.4 Å². The minimum atomic E-state index is -0.489. The van der Waals surface area contributed by atoms with Crippen molar-refractivity contribution in [2.45, 2.75) is 77.0 Å². The summed E-state index contributed by atoms with van der Waals surface area (Å²) < 4.78 is 0. The van der Waals surface area contributed by atoms with Gasteiger partial charge in [0.2, 0.25) is 11.8 Å². The third kappa shape index (κ3) is 3.04. The fraction of sp³-hybridized carbons (Fsp3) is 0.690. The summed E-state index contributed by atoms with van der Waals surface area (Å²) in [5.41, 5.74) is -0.512. The van der Waals surface area contributed by atoms with Crippen LogP contribution < -0.4 is 0 Å². The van der Waals surface area contributed by atoms with Gasteiger partial charge in [0.15, 0.2) is 0 Å². The molecule has 0 spiro atoms. The zero-order valence-electron chi connectivity index (χ0n) is 19.5. The van der Waals surface area contributed by atoms with Crippen molar-refractivity contribution in [2.24, 2.45) is 46.3 Å². The Morgan fingerprint density at radius 1 is 0.576 bits per heavy atom. The molecule has 0 aliphatic heterocycles. The van der Waals surface area contributed by atoms with Gasteiger partial charge in [0, 0.05) is 5.56 Å². The molecule has 33 heavy (non-hydrogen) atoms. The second kappa shape index (κ2) is 7.02. The lowest BCUT2D eigenvalue weighted by Gasteiger charge is -2.58. The van der Waals surface area contributed by atoms with E-state index in [4.69, 9.17) is 0 Å². The Hall–Kier alpha value is -1.97. The quantitative estimate of drug-likeness (QED) is 0.568. The van der Waals surface area contributed by atoms with Gasteiger partial charge in [-0.2, -0.15) is 0 Å². The number of carbonyl (C=O) groups excluding carboxylic acids is 3. The number of nitrogens with zero attached hydrogens (tertiary/aromatic N) is 1. The molecule has 4 nitrogen and oxygen atoms in total. The molecular weight excluding hydrogens is 410 g/mol. The first kappa shape index (κ1) is 20.4. The molecule has 0 N–H and O–H groups in total.